The van der Waals surface area contributed by atoms with Gasteiger partial charge in [0.15, 0.2) is 0 Å². The number of ether oxygens (including phenoxy) is 2. The van der Waals surface area contributed by atoms with Crippen LogP contribution < -0.4 is 4.74 Å². The third-order valence-electron chi connectivity index (χ3n) is 8.64. The van der Waals surface area contributed by atoms with E-state index >= 15 is 0 Å². The topological polar surface area (TPSA) is 52.6 Å². The molecule has 0 amide bonds. The number of fused-ring (bicyclic) bond motifs is 1. The van der Waals surface area contributed by atoms with Crippen LogP contribution in [0.1, 0.15) is 62.7 Å². The van der Waals surface area contributed by atoms with Crippen molar-refractivity contribution in [2.75, 3.05) is 0 Å². The SMILES string of the molecule is C=C1/C(=C\C(=C/C)OC(=O)c2ccc(-c3ccc(C)cc3)cc2)C(C)c2cc(OC(=O)c3ccc(-c4ccc(C)cc4)cc3)ccc21. The van der Waals surface area contributed by atoms with Crippen LogP contribution in [0.25, 0.3) is 27.8 Å². The molecule has 5 aromatic rings. The first-order valence-electron chi connectivity index (χ1n) is 15.7. The molecule has 0 bridgehead atoms. The second-order valence-corrected chi connectivity index (χ2v) is 11.9. The number of hydrogen-bond acceptors (Lipinski definition) is 4. The van der Waals surface area contributed by atoms with E-state index in [0.717, 1.165) is 44.5 Å². The van der Waals surface area contributed by atoms with Crippen LogP contribution in [0.4, 0.5) is 0 Å². The van der Waals surface area contributed by atoms with Crippen LogP contribution >= 0.6 is 0 Å². The molecular formula is C43H36O4. The number of hydrogen-bond donors (Lipinski definition) is 0. The summed E-state index contributed by atoms with van der Waals surface area (Å²) in [4.78, 5) is 26.1. The van der Waals surface area contributed by atoms with Crippen LogP contribution in [0.3, 0.4) is 0 Å². The number of allylic oxidation sites excluding steroid dienone is 4. The van der Waals surface area contributed by atoms with Gasteiger partial charge < -0.3 is 9.47 Å². The molecular weight excluding hydrogens is 580 g/mol. The highest BCUT2D eigenvalue weighted by Crippen LogP contribution is 2.46. The molecule has 4 nitrogen and oxygen atoms in total. The molecule has 1 atom stereocenters. The number of aryl methyl sites for hydroxylation is 2. The Morgan fingerprint density at radius 3 is 1.62 bits per heavy atom. The number of carbonyl (C=O) groups excluding carboxylic acids is 2. The van der Waals surface area contributed by atoms with Gasteiger partial charge in [-0.25, -0.2) is 9.59 Å². The van der Waals surface area contributed by atoms with Crippen LogP contribution in [0.2, 0.25) is 0 Å². The van der Waals surface area contributed by atoms with Crippen molar-refractivity contribution in [3.05, 3.63) is 179 Å². The fraction of sp³-hybridized carbons (Fsp3) is 0.116. The van der Waals surface area contributed by atoms with E-state index in [1.54, 1.807) is 36.4 Å². The van der Waals surface area contributed by atoms with Crippen molar-refractivity contribution in [2.24, 2.45) is 0 Å². The second-order valence-electron chi connectivity index (χ2n) is 11.9. The highest BCUT2D eigenvalue weighted by atomic mass is 16.5. The lowest BCUT2D eigenvalue weighted by Gasteiger charge is -2.11. The summed E-state index contributed by atoms with van der Waals surface area (Å²) in [6.45, 7) is 12.3. The van der Waals surface area contributed by atoms with Crippen molar-refractivity contribution >= 4 is 17.5 Å². The van der Waals surface area contributed by atoms with E-state index in [-0.39, 0.29) is 5.92 Å². The van der Waals surface area contributed by atoms with Gasteiger partial charge >= 0.3 is 11.9 Å². The van der Waals surface area contributed by atoms with Gasteiger partial charge in [0.2, 0.25) is 0 Å². The average Bonchev–Trinajstić information content (AvgIpc) is 3.32. The fourth-order valence-corrected chi connectivity index (χ4v) is 5.78. The number of rotatable bonds is 7. The van der Waals surface area contributed by atoms with Gasteiger partial charge in [0.25, 0.3) is 0 Å². The molecule has 1 unspecified atom stereocenters. The summed E-state index contributed by atoms with van der Waals surface area (Å²) in [6, 6.07) is 37.0. The zero-order valence-electron chi connectivity index (χ0n) is 27.0. The predicted octanol–water partition coefficient (Wildman–Crippen LogP) is 10.7. The maximum absolute atomic E-state index is 13.1. The summed E-state index contributed by atoms with van der Waals surface area (Å²) in [5.41, 5.74) is 11.3. The molecule has 4 heteroatoms. The normalized spacial score (nSPS) is 15.0. The first kappa shape index (κ1) is 31.3. The summed E-state index contributed by atoms with van der Waals surface area (Å²) in [5.74, 6) is 0.00140. The maximum atomic E-state index is 13.1. The molecule has 0 aromatic heterocycles. The van der Waals surface area contributed by atoms with Gasteiger partial charge in [0.1, 0.15) is 11.5 Å². The lowest BCUT2D eigenvalue weighted by molar-refractivity contribution is 0.0635. The van der Waals surface area contributed by atoms with Gasteiger partial charge in [-0.2, -0.15) is 0 Å². The first-order chi connectivity index (χ1) is 22.7. The average molecular weight is 617 g/mol. The molecule has 6 rings (SSSR count). The van der Waals surface area contributed by atoms with Crippen molar-refractivity contribution in [1.82, 2.24) is 0 Å². The Balaban J connectivity index is 1.13. The molecule has 1 aliphatic rings. The summed E-state index contributed by atoms with van der Waals surface area (Å²) in [6.07, 6.45) is 3.64. The quantitative estimate of drug-likeness (QED) is 0.104. The molecule has 0 saturated heterocycles. The number of benzene rings is 5. The van der Waals surface area contributed by atoms with E-state index in [4.69, 9.17) is 9.47 Å². The lowest BCUT2D eigenvalue weighted by Crippen LogP contribution is -2.08. The Kier molecular flexibility index (Phi) is 8.86. The molecule has 0 fully saturated rings. The minimum atomic E-state index is -0.430. The first-order valence-corrected chi connectivity index (χ1v) is 15.7. The molecule has 0 aliphatic heterocycles. The summed E-state index contributed by atoms with van der Waals surface area (Å²) >= 11 is 0. The minimum Gasteiger partial charge on any atom is -0.423 e. The zero-order chi connectivity index (χ0) is 33.1. The maximum Gasteiger partial charge on any atom is 0.343 e. The van der Waals surface area contributed by atoms with Gasteiger partial charge in [-0.3, -0.25) is 0 Å². The molecule has 47 heavy (non-hydrogen) atoms. The number of carbonyl (C=O) groups is 2. The highest BCUT2D eigenvalue weighted by molar-refractivity contribution is 5.93. The van der Waals surface area contributed by atoms with Gasteiger partial charge in [-0.15, -0.1) is 0 Å². The van der Waals surface area contributed by atoms with Crippen molar-refractivity contribution in [3.8, 4) is 28.0 Å². The van der Waals surface area contributed by atoms with E-state index in [2.05, 4.69) is 75.9 Å². The predicted molar refractivity (Wildman–Crippen MR) is 189 cm³/mol. The Morgan fingerprint density at radius 1 is 0.660 bits per heavy atom. The van der Waals surface area contributed by atoms with Gasteiger partial charge in [0.05, 0.1) is 11.1 Å². The van der Waals surface area contributed by atoms with Crippen LogP contribution in [0.15, 0.2) is 145 Å². The van der Waals surface area contributed by atoms with Crippen molar-refractivity contribution in [2.45, 2.75) is 33.6 Å². The smallest absolute Gasteiger partial charge is 0.343 e. The third kappa shape index (κ3) is 6.78. The highest BCUT2D eigenvalue weighted by Gasteiger charge is 2.28. The van der Waals surface area contributed by atoms with Crippen molar-refractivity contribution in [1.29, 1.82) is 0 Å². The Hall–Kier alpha value is -5.74. The molecule has 0 saturated carbocycles. The number of esters is 2. The van der Waals surface area contributed by atoms with Crippen molar-refractivity contribution < 1.29 is 19.1 Å². The monoisotopic (exact) mass is 616 g/mol. The van der Waals surface area contributed by atoms with Crippen LogP contribution in [-0.2, 0) is 4.74 Å². The second kappa shape index (κ2) is 13.3. The van der Waals surface area contributed by atoms with Gasteiger partial charge in [-0.1, -0.05) is 103 Å². The lowest BCUT2D eigenvalue weighted by atomic mass is 9.98. The Labute approximate surface area is 276 Å². The fourth-order valence-electron chi connectivity index (χ4n) is 5.78. The van der Waals surface area contributed by atoms with Gasteiger partial charge in [-0.05, 0) is 114 Å². The van der Waals surface area contributed by atoms with E-state index < -0.39 is 11.9 Å². The van der Waals surface area contributed by atoms with Crippen LogP contribution in [-0.4, -0.2) is 11.9 Å². The molecule has 0 heterocycles. The Bertz CT molecular complexity index is 2030. The van der Waals surface area contributed by atoms with E-state index in [9.17, 15) is 9.59 Å². The third-order valence-corrected chi connectivity index (χ3v) is 8.64. The molecule has 5 aromatic carbocycles. The summed E-state index contributed by atoms with van der Waals surface area (Å²) in [5, 5.41) is 0. The van der Waals surface area contributed by atoms with Crippen molar-refractivity contribution in [3.63, 3.8) is 0 Å². The minimum absolute atomic E-state index is 0.0487. The molecule has 1 aliphatic carbocycles. The summed E-state index contributed by atoms with van der Waals surface area (Å²) < 4.78 is 11.6. The standard InChI is InChI=1S/C43H36O4/c1-6-37(46-42(44)35-19-15-33(16-20-35)31-11-7-27(2)8-12-31)25-40-29(4)39-24-23-38(26-41(39)30(40)5)47-43(45)36-21-17-34(18-22-36)32-13-9-28(3)10-14-32/h6-26,30H,4H2,1-3,5H3/b37-6+,40-25+. The molecule has 0 N–H and O–H groups in total. The molecule has 0 radical (unpaired) electrons. The van der Waals surface area contributed by atoms with Crippen LogP contribution in [0, 0.1) is 13.8 Å². The summed E-state index contributed by atoms with van der Waals surface area (Å²) in [7, 11) is 0. The van der Waals surface area contributed by atoms with E-state index in [0.29, 0.717) is 22.6 Å². The van der Waals surface area contributed by atoms with E-state index in [1.807, 2.05) is 49.4 Å². The molecule has 0 spiro atoms. The van der Waals surface area contributed by atoms with E-state index in [1.165, 1.54) is 11.1 Å². The van der Waals surface area contributed by atoms with Gasteiger partial charge in [0, 0.05) is 5.92 Å². The Morgan fingerprint density at radius 2 is 1.13 bits per heavy atom. The zero-order valence-corrected chi connectivity index (χ0v) is 27.0. The molecule has 232 valence electrons. The largest absolute Gasteiger partial charge is 0.423 e. The van der Waals surface area contributed by atoms with Crippen LogP contribution in [0.5, 0.6) is 5.75 Å².